The van der Waals surface area contributed by atoms with Crippen molar-refractivity contribution in [3.63, 3.8) is 0 Å². The van der Waals surface area contributed by atoms with Crippen LogP contribution < -0.4 is 0 Å². The van der Waals surface area contributed by atoms with Crippen molar-refractivity contribution < 1.29 is 9.53 Å². The Hall–Kier alpha value is 0.171. The van der Waals surface area contributed by atoms with Crippen LogP contribution in [-0.2, 0) is 4.74 Å². The van der Waals surface area contributed by atoms with Crippen molar-refractivity contribution in [3.8, 4) is 0 Å². The van der Waals surface area contributed by atoms with Crippen molar-refractivity contribution in [2.45, 2.75) is 0 Å². The van der Waals surface area contributed by atoms with Crippen LogP contribution in [0.1, 0.15) is 10.4 Å². The quantitative estimate of drug-likeness (QED) is 0.516. The van der Waals surface area contributed by atoms with Gasteiger partial charge in [0.2, 0.25) is 0 Å². The molecule has 0 atom stereocenters. The minimum absolute atomic E-state index is 0. The zero-order valence-corrected chi connectivity index (χ0v) is 5.70. The fourth-order valence-corrected chi connectivity index (χ4v) is 0.692. The average Bonchev–Trinajstić information content (AvgIpc) is 2.05. The van der Waals surface area contributed by atoms with E-state index >= 15 is 0 Å². The van der Waals surface area contributed by atoms with Gasteiger partial charge in [-0.2, -0.15) is 0 Å². The SMILES string of the molecule is COC(=O)c1ccccc1.[SrH2]. The van der Waals surface area contributed by atoms with Crippen molar-refractivity contribution in [3.05, 3.63) is 35.9 Å². The second-order valence-electron chi connectivity index (χ2n) is 1.86. The molecular formula is C8H10O2Sr. The average molecular weight is 226 g/mol. The van der Waals surface area contributed by atoms with Crippen LogP contribution in [0.3, 0.4) is 0 Å². The van der Waals surface area contributed by atoms with Crippen LogP contribution in [0.4, 0.5) is 0 Å². The summed E-state index contributed by atoms with van der Waals surface area (Å²) >= 11 is 0. The Balaban J connectivity index is 0.000001000. The van der Waals surface area contributed by atoms with Gasteiger partial charge in [0.05, 0.1) is 12.7 Å². The molecule has 0 bridgehead atoms. The fourth-order valence-electron chi connectivity index (χ4n) is 0.692. The second-order valence-corrected chi connectivity index (χ2v) is 1.86. The number of esters is 1. The van der Waals surface area contributed by atoms with E-state index in [0.717, 1.165) is 0 Å². The Morgan fingerprint density at radius 2 is 1.82 bits per heavy atom. The summed E-state index contributed by atoms with van der Waals surface area (Å²) < 4.78 is 4.50. The van der Waals surface area contributed by atoms with Gasteiger partial charge in [-0.25, -0.2) is 4.79 Å². The van der Waals surface area contributed by atoms with E-state index in [-0.39, 0.29) is 51.5 Å². The van der Waals surface area contributed by atoms with Gasteiger partial charge in [-0.05, 0) is 12.1 Å². The molecule has 0 aliphatic rings. The third kappa shape index (κ3) is 3.38. The number of ether oxygens (including phenoxy) is 1. The predicted octanol–water partition coefficient (Wildman–Crippen LogP) is 0.557. The second kappa shape index (κ2) is 5.77. The molecule has 0 N–H and O–H groups in total. The first-order valence-electron chi connectivity index (χ1n) is 2.98. The van der Waals surface area contributed by atoms with Gasteiger partial charge in [0.15, 0.2) is 0 Å². The van der Waals surface area contributed by atoms with Crippen LogP contribution in [-0.4, -0.2) is 58.6 Å². The first-order valence-corrected chi connectivity index (χ1v) is 2.98. The number of carbonyl (C=O) groups excluding carboxylic acids is 1. The molecule has 1 rings (SSSR count). The van der Waals surface area contributed by atoms with Gasteiger partial charge in [-0.1, -0.05) is 18.2 Å². The third-order valence-electron chi connectivity index (χ3n) is 1.19. The van der Waals surface area contributed by atoms with Gasteiger partial charge >= 0.3 is 51.5 Å². The van der Waals surface area contributed by atoms with Crippen LogP contribution >= 0.6 is 0 Å². The van der Waals surface area contributed by atoms with E-state index in [4.69, 9.17) is 0 Å². The molecule has 0 fully saturated rings. The summed E-state index contributed by atoms with van der Waals surface area (Å²) in [4.78, 5) is 10.8. The molecule has 11 heavy (non-hydrogen) atoms. The Morgan fingerprint density at radius 3 is 2.27 bits per heavy atom. The number of hydrogen-bond donors (Lipinski definition) is 0. The summed E-state index contributed by atoms with van der Waals surface area (Å²) in [5.41, 5.74) is 0.588. The number of rotatable bonds is 1. The standard InChI is InChI=1S/C8H8O2.Sr.2H/c1-10-8(9)7-5-3-2-4-6-7;;;/h2-6H,1H3;;;. The van der Waals surface area contributed by atoms with Crippen LogP contribution in [0.2, 0.25) is 0 Å². The van der Waals surface area contributed by atoms with Gasteiger partial charge in [-0.3, -0.25) is 0 Å². The van der Waals surface area contributed by atoms with Gasteiger partial charge in [0, 0.05) is 0 Å². The molecule has 0 saturated heterocycles. The molecule has 0 amide bonds. The molecule has 2 nitrogen and oxygen atoms in total. The van der Waals surface area contributed by atoms with Crippen molar-refractivity contribution in [1.82, 2.24) is 0 Å². The van der Waals surface area contributed by atoms with E-state index < -0.39 is 0 Å². The molecule has 1 aromatic carbocycles. The van der Waals surface area contributed by atoms with E-state index in [9.17, 15) is 4.79 Å². The van der Waals surface area contributed by atoms with Crippen LogP contribution in [0.5, 0.6) is 0 Å². The van der Waals surface area contributed by atoms with Crippen LogP contribution in [0, 0.1) is 0 Å². The molecular weight excluding hydrogens is 216 g/mol. The summed E-state index contributed by atoms with van der Waals surface area (Å²) in [6.07, 6.45) is 0. The van der Waals surface area contributed by atoms with Crippen molar-refractivity contribution in [1.29, 1.82) is 0 Å². The molecule has 0 radical (unpaired) electrons. The monoisotopic (exact) mass is 226 g/mol. The summed E-state index contributed by atoms with van der Waals surface area (Å²) in [6, 6.07) is 8.88. The minimum atomic E-state index is -0.291. The summed E-state index contributed by atoms with van der Waals surface area (Å²) in [7, 11) is 1.37. The topological polar surface area (TPSA) is 26.3 Å². The zero-order chi connectivity index (χ0) is 7.40. The number of hydrogen-bond acceptors (Lipinski definition) is 2. The Bertz CT molecular complexity index is 221. The van der Waals surface area contributed by atoms with Crippen molar-refractivity contribution in [2.75, 3.05) is 7.11 Å². The van der Waals surface area contributed by atoms with Crippen molar-refractivity contribution >= 4 is 51.5 Å². The van der Waals surface area contributed by atoms with Crippen LogP contribution in [0.15, 0.2) is 30.3 Å². The maximum absolute atomic E-state index is 10.8. The molecule has 3 heteroatoms. The molecule has 0 aromatic heterocycles. The Labute approximate surface area is 103 Å². The molecule has 0 saturated carbocycles. The van der Waals surface area contributed by atoms with E-state index in [1.165, 1.54) is 7.11 Å². The number of benzene rings is 1. The Morgan fingerprint density at radius 1 is 1.27 bits per heavy atom. The zero-order valence-electron chi connectivity index (χ0n) is 5.70. The summed E-state index contributed by atoms with van der Waals surface area (Å²) in [6.45, 7) is 0. The Kier molecular flexibility index (Phi) is 5.86. The van der Waals surface area contributed by atoms with Gasteiger partial charge in [0.25, 0.3) is 0 Å². The number of methoxy groups -OCH3 is 1. The molecule has 0 unspecified atom stereocenters. The van der Waals surface area contributed by atoms with E-state index in [1.54, 1.807) is 24.3 Å². The molecule has 0 aliphatic carbocycles. The number of carbonyl (C=O) groups is 1. The van der Waals surface area contributed by atoms with Gasteiger partial charge < -0.3 is 4.74 Å². The van der Waals surface area contributed by atoms with E-state index in [1.807, 2.05) is 6.07 Å². The van der Waals surface area contributed by atoms with Crippen LogP contribution in [0.25, 0.3) is 0 Å². The third-order valence-corrected chi connectivity index (χ3v) is 1.19. The van der Waals surface area contributed by atoms with E-state index in [0.29, 0.717) is 5.56 Å². The molecule has 0 heterocycles. The van der Waals surface area contributed by atoms with Gasteiger partial charge in [0.1, 0.15) is 0 Å². The first kappa shape index (κ1) is 11.2. The predicted molar refractivity (Wildman–Crippen MR) is 46.3 cm³/mol. The molecule has 0 aliphatic heterocycles. The van der Waals surface area contributed by atoms with E-state index in [2.05, 4.69) is 4.74 Å². The fraction of sp³-hybridized carbons (Fsp3) is 0.125. The molecule has 0 spiro atoms. The van der Waals surface area contributed by atoms with Gasteiger partial charge in [-0.15, -0.1) is 0 Å². The maximum atomic E-state index is 10.8. The molecule has 56 valence electrons. The summed E-state index contributed by atoms with van der Waals surface area (Å²) in [5, 5.41) is 0. The molecule has 1 aromatic rings. The normalized spacial score (nSPS) is 8.09. The first-order chi connectivity index (χ1) is 4.84. The van der Waals surface area contributed by atoms with Crippen molar-refractivity contribution in [2.24, 2.45) is 0 Å². The summed E-state index contributed by atoms with van der Waals surface area (Å²) in [5.74, 6) is -0.291.